The van der Waals surface area contributed by atoms with E-state index >= 15 is 0 Å². The highest BCUT2D eigenvalue weighted by atomic mass is 16.2. The first-order chi connectivity index (χ1) is 8.74. The Kier molecular flexibility index (Phi) is 4.31. The first-order valence-electron chi connectivity index (χ1n) is 6.61. The van der Waals surface area contributed by atoms with Crippen LogP contribution in [0, 0.1) is 5.92 Å². The molecule has 0 aromatic carbocycles. The minimum absolute atomic E-state index is 0.0720. The Morgan fingerprint density at radius 3 is 2.72 bits per heavy atom. The van der Waals surface area contributed by atoms with Crippen LogP contribution in [0.2, 0.25) is 0 Å². The van der Waals surface area contributed by atoms with Crippen molar-refractivity contribution in [3.63, 3.8) is 0 Å². The lowest BCUT2D eigenvalue weighted by Crippen LogP contribution is -2.45. The molecule has 0 saturated heterocycles. The van der Waals surface area contributed by atoms with Gasteiger partial charge in [-0.1, -0.05) is 12.8 Å². The van der Waals surface area contributed by atoms with Gasteiger partial charge in [-0.25, -0.2) is 0 Å². The van der Waals surface area contributed by atoms with Gasteiger partial charge in [0.1, 0.15) is 0 Å². The summed E-state index contributed by atoms with van der Waals surface area (Å²) < 4.78 is 0. The predicted octanol–water partition coefficient (Wildman–Crippen LogP) is 1.67. The van der Waals surface area contributed by atoms with E-state index in [0.29, 0.717) is 18.0 Å². The van der Waals surface area contributed by atoms with Gasteiger partial charge in [-0.15, -0.1) is 0 Å². The molecule has 4 heteroatoms. The smallest absolute Gasteiger partial charge is 0.253 e. The molecule has 4 nitrogen and oxygen atoms in total. The summed E-state index contributed by atoms with van der Waals surface area (Å²) in [5, 5.41) is 0. The maximum Gasteiger partial charge on any atom is 0.253 e. The molecule has 1 saturated carbocycles. The van der Waals surface area contributed by atoms with Crippen LogP contribution in [-0.4, -0.2) is 35.4 Å². The molecule has 1 fully saturated rings. The fourth-order valence-corrected chi connectivity index (χ4v) is 2.82. The zero-order valence-electron chi connectivity index (χ0n) is 10.9. The average Bonchev–Trinajstić information content (AvgIpc) is 2.46. The lowest BCUT2D eigenvalue weighted by atomic mass is 9.83. The summed E-state index contributed by atoms with van der Waals surface area (Å²) in [6, 6.07) is 3.81. The van der Waals surface area contributed by atoms with Crippen molar-refractivity contribution in [3.8, 4) is 0 Å². The summed E-state index contributed by atoms with van der Waals surface area (Å²) in [5.41, 5.74) is 6.52. The SMILES string of the molecule is CN(C(=O)c1ccncc1)C1CCCCC1CN. The van der Waals surface area contributed by atoms with Crippen LogP contribution in [0.5, 0.6) is 0 Å². The fourth-order valence-electron chi connectivity index (χ4n) is 2.82. The number of aromatic nitrogens is 1. The highest BCUT2D eigenvalue weighted by Gasteiger charge is 2.30. The van der Waals surface area contributed by atoms with E-state index in [9.17, 15) is 4.79 Å². The van der Waals surface area contributed by atoms with Crippen molar-refractivity contribution < 1.29 is 4.79 Å². The predicted molar refractivity (Wildman–Crippen MR) is 71.1 cm³/mol. The molecule has 1 aliphatic rings. The molecule has 1 amide bonds. The molecule has 1 aromatic heterocycles. The van der Waals surface area contributed by atoms with Crippen molar-refractivity contribution in [3.05, 3.63) is 30.1 Å². The van der Waals surface area contributed by atoms with Gasteiger partial charge in [0.2, 0.25) is 0 Å². The molecule has 2 atom stereocenters. The standard InChI is InChI=1S/C14H21N3O/c1-17(13-5-3-2-4-12(13)10-15)14(18)11-6-8-16-9-7-11/h6-9,12-13H,2-5,10,15H2,1H3. The number of pyridine rings is 1. The quantitative estimate of drug-likeness (QED) is 0.884. The van der Waals surface area contributed by atoms with Gasteiger partial charge in [0.25, 0.3) is 5.91 Å². The minimum atomic E-state index is 0.0720. The molecular formula is C14H21N3O. The number of nitrogens with two attached hydrogens (primary N) is 1. The topological polar surface area (TPSA) is 59.2 Å². The van der Waals surface area contributed by atoms with Crippen LogP contribution in [0.15, 0.2) is 24.5 Å². The summed E-state index contributed by atoms with van der Waals surface area (Å²) in [7, 11) is 1.89. The molecule has 2 N–H and O–H groups in total. The van der Waals surface area contributed by atoms with Crippen molar-refractivity contribution in [2.45, 2.75) is 31.7 Å². The van der Waals surface area contributed by atoms with Gasteiger partial charge >= 0.3 is 0 Å². The van der Waals surface area contributed by atoms with E-state index in [2.05, 4.69) is 4.98 Å². The van der Waals surface area contributed by atoms with E-state index in [1.807, 2.05) is 11.9 Å². The van der Waals surface area contributed by atoms with Crippen molar-refractivity contribution in [2.75, 3.05) is 13.6 Å². The molecule has 1 heterocycles. The second-order valence-electron chi connectivity index (χ2n) is 5.00. The zero-order chi connectivity index (χ0) is 13.0. The lowest BCUT2D eigenvalue weighted by Gasteiger charge is -2.37. The van der Waals surface area contributed by atoms with E-state index in [1.54, 1.807) is 24.5 Å². The number of amides is 1. The molecule has 0 aliphatic heterocycles. The van der Waals surface area contributed by atoms with E-state index in [4.69, 9.17) is 5.73 Å². The van der Waals surface area contributed by atoms with Gasteiger partial charge in [0, 0.05) is 31.0 Å². The minimum Gasteiger partial charge on any atom is -0.338 e. The number of hydrogen-bond acceptors (Lipinski definition) is 3. The van der Waals surface area contributed by atoms with Crippen LogP contribution in [0.3, 0.4) is 0 Å². The molecule has 2 rings (SSSR count). The molecular weight excluding hydrogens is 226 g/mol. The molecule has 18 heavy (non-hydrogen) atoms. The van der Waals surface area contributed by atoms with Crippen LogP contribution in [-0.2, 0) is 0 Å². The van der Waals surface area contributed by atoms with Crippen molar-refractivity contribution >= 4 is 5.91 Å². The van der Waals surface area contributed by atoms with Gasteiger partial charge in [0.05, 0.1) is 0 Å². The molecule has 0 bridgehead atoms. The number of hydrogen-bond donors (Lipinski definition) is 1. The zero-order valence-corrected chi connectivity index (χ0v) is 10.9. The van der Waals surface area contributed by atoms with Crippen LogP contribution < -0.4 is 5.73 Å². The molecule has 98 valence electrons. The van der Waals surface area contributed by atoms with Gasteiger partial charge in [-0.2, -0.15) is 0 Å². The van der Waals surface area contributed by atoms with E-state index < -0.39 is 0 Å². The highest BCUT2D eigenvalue weighted by molar-refractivity contribution is 5.94. The van der Waals surface area contributed by atoms with Crippen LogP contribution in [0.1, 0.15) is 36.0 Å². The molecule has 1 aromatic rings. The lowest BCUT2D eigenvalue weighted by molar-refractivity contribution is 0.0620. The van der Waals surface area contributed by atoms with Crippen molar-refractivity contribution in [1.29, 1.82) is 0 Å². The van der Waals surface area contributed by atoms with E-state index in [1.165, 1.54) is 12.8 Å². The van der Waals surface area contributed by atoms with Crippen LogP contribution >= 0.6 is 0 Å². The Balaban J connectivity index is 2.10. The average molecular weight is 247 g/mol. The van der Waals surface area contributed by atoms with Crippen LogP contribution in [0.25, 0.3) is 0 Å². The van der Waals surface area contributed by atoms with Crippen molar-refractivity contribution in [2.24, 2.45) is 11.7 Å². The Hall–Kier alpha value is -1.42. The Labute approximate surface area is 108 Å². The summed E-state index contributed by atoms with van der Waals surface area (Å²) in [6.07, 6.45) is 7.93. The third-order valence-electron chi connectivity index (χ3n) is 3.92. The van der Waals surface area contributed by atoms with E-state index in [-0.39, 0.29) is 11.9 Å². The largest absolute Gasteiger partial charge is 0.338 e. The normalized spacial score (nSPS) is 23.7. The highest BCUT2D eigenvalue weighted by Crippen LogP contribution is 2.27. The molecule has 0 radical (unpaired) electrons. The summed E-state index contributed by atoms with van der Waals surface area (Å²) in [6.45, 7) is 0.665. The fraction of sp³-hybridized carbons (Fsp3) is 0.571. The monoisotopic (exact) mass is 247 g/mol. The van der Waals surface area contributed by atoms with Gasteiger partial charge in [-0.05, 0) is 37.4 Å². The summed E-state index contributed by atoms with van der Waals surface area (Å²) >= 11 is 0. The molecule has 1 aliphatic carbocycles. The maximum atomic E-state index is 12.4. The van der Waals surface area contributed by atoms with Crippen LogP contribution in [0.4, 0.5) is 0 Å². The Morgan fingerprint density at radius 1 is 1.39 bits per heavy atom. The van der Waals surface area contributed by atoms with Gasteiger partial charge in [0.15, 0.2) is 0 Å². The van der Waals surface area contributed by atoms with Crippen molar-refractivity contribution in [1.82, 2.24) is 9.88 Å². The Bertz CT molecular complexity index is 393. The number of nitrogens with zero attached hydrogens (tertiary/aromatic N) is 2. The second-order valence-corrected chi connectivity index (χ2v) is 5.00. The number of rotatable bonds is 3. The maximum absolute atomic E-state index is 12.4. The first-order valence-corrected chi connectivity index (χ1v) is 6.61. The summed E-state index contributed by atoms with van der Waals surface area (Å²) in [4.78, 5) is 18.2. The summed E-state index contributed by atoms with van der Waals surface area (Å²) in [5.74, 6) is 0.511. The third kappa shape index (κ3) is 2.70. The first kappa shape index (κ1) is 13.0. The molecule has 0 spiro atoms. The molecule has 2 unspecified atom stereocenters. The van der Waals surface area contributed by atoms with E-state index in [0.717, 1.165) is 12.8 Å². The number of carbonyl (C=O) groups is 1. The number of carbonyl (C=O) groups excluding carboxylic acids is 1. The van der Waals surface area contributed by atoms with Gasteiger partial charge < -0.3 is 10.6 Å². The van der Waals surface area contributed by atoms with Gasteiger partial charge in [-0.3, -0.25) is 9.78 Å². The third-order valence-corrected chi connectivity index (χ3v) is 3.92. The Morgan fingerprint density at radius 2 is 2.06 bits per heavy atom. The second kappa shape index (κ2) is 5.96.